The van der Waals surface area contributed by atoms with E-state index in [1.54, 1.807) is 24.3 Å². The molecule has 3 N–H and O–H groups in total. The van der Waals surface area contributed by atoms with Crippen LogP contribution in [0.15, 0.2) is 29.2 Å². The van der Waals surface area contributed by atoms with Gasteiger partial charge in [0.05, 0.1) is 5.69 Å². The van der Waals surface area contributed by atoms with Gasteiger partial charge in [-0.05, 0) is 43.7 Å². The molecule has 0 bridgehead atoms. The van der Waals surface area contributed by atoms with Crippen LogP contribution < -0.4 is 10.5 Å². The third-order valence-corrected chi connectivity index (χ3v) is 5.67. The van der Waals surface area contributed by atoms with E-state index in [-0.39, 0.29) is 10.9 Å². The van der Waals surface area contributed by atoms with E-state index in [1.807, 2.05) is 0 Å². The highest BCUT2D eigenvalue weighted by molar-refractivity contribution is 7.89. The average Bonchev–Trinajstić information content (AvgIpc) is 2.41. The normalized spacial score (nSPS) is 23.6. The predicted octanol–water partition coefficient (Wildman–Crippen LogP) is 2.91. The molecule has 112 valence electrons. The first kappa shape index (κ1) is 15.3. The van der Waals surface area contributed by atoms with Gasteiger partial charge in [-0.2, -0.15) is 0 Å². The van der Waals surface area contributed by atoms with Gasteiger partial charge in [0.2, 0.25) is 10.0 Å². The molecule has 1 aromatic carbocycles. The first-order valence-corrected chi connectivity index (χ1v) is 8.88. The maximum absolute atomic E-state index is 12.3. The Morgan fingerprint density at radius 3 is 2.45 bits per heavy atom. The fourth-order valence-corrected chi connectivity index (χ4v) is 4.42. The predicted molar refractivity (Wildman–Crippen MR) is 81.8 cm³/mol. The van der Waals surface area contributed by atoms with E-state index in [1.165, 1.54) is 12.8 Å². The third-order valence-electron chi connectivity index (χ3n) is 4.07. The lowest BCUT2D eigenvalue weighted by atomic mass is 9.84. The van der Waals surface area contributed by atoms with Gasteiger partial charge in [-0.15, -0.1) is 0 Å². The molecule has 0 aromatic heterocycles. The Bertz CT molecular complexity index is 535. The summed E-state index contributed by atoms with van der Waals surface area (Å²) in [5.41, 5.74) is 6.06. The Kier molecular flexibility index (Phi) is 5.05. The lowest BCUT2D eigenvalue weighted by Crippen LogP contribution is -2.37. The van der Waals surface area contributed by atoms with Crippen LogP contribution in [0.5, 0.6) is 0 Å². The second-order valence-electron chi connectivity index (χ2n) is 5.67. The molecule has 0 atom stereocenters. The number of hydrogen-bond acceptors (Lipinski definition) is 3. The van der Waals surface area contributed by atoms with Crippen LogP contribution >= 0.6 is 0 Å². The monoisotopic (exact) mass is 296 g/mol. The van der Waals surface area contributed by atoms with Crippen molar-refractivity contribution in [2.75, 3.05) is 5.73 Å². The van der Waals surface area contributed by atoms with Crippen molar-refractivity contribution < 1.29 is 8.42 Å². The largest absolute Gasteiger partial charge is 0.398 e. The SMILES string of the molecule is CCCC1CCC(NS(=O)(=O)c2ccccc2N)CC1. The first-order valence-electron chi connectivity index (χ1n) is 7.39. The minimum Gasteiger partial charge on any atom is -0.398 e. The molecule has 2 rings (SSSR count). The molecule has 1 saturated carbocycles. The maximum Gasteiger partial charge on any atom is 0.242 e. The van der Waals surface area contributed by atoms with Crippen LogP contribution in [0.25, 0.3) is 0 Å². The average molecular weight is 296 g/mol. The Labute approximate surface area is 121 Å². The Hall–Kier alpha value is -1.07. The van der Waals surface area contributed by atoms with Crippen molar-refractivity contribution in [2.45, 2.75) is 56.4 Å². The summed E-state index contributed by atoms with van der Waals surface area (Å²) in [6, 6.07) is 6.66. The minimum atomic E-state index is -3.50. The first-order chi connectivity index (χ1) is 9.53. The Morgan fingerprint density at radius 1 is 1.20 bits per heavy atom. The van der Waals surface area contributed by atoms with Crippen molar-refractivity contribution in [2.24, 2.45) is 5.92 Å². The highest BCUT2D eigenvalue weighted by Crippen LogP contribution is 2.29. The van der Waals surface area contributed by atoms with Gasteiger partial charge in [0.1, 0.15) is 4.90 Å². The van der Waals surface area contributed by atoms with E-state index < -0.39 is 10.0 Å². The second-order valence-corrected chi connectivity index (χ2v) is 7.35. The molecule has 0 unspecified atom stereocenters. The zero-order valence-corrected chi connectivity index (χ0v) is 12.8. The summed E-state index contributed by atoms with van der Waals surface area (Å²) in [4.78, 5) is 0.190. The quantitative estimate of drug-likeness (QED) is 0.821. The van der Waals surface area contributed by atoms with Gasteiger partial charge in [0.25, 0.3) is 0 Å². The lowest BCUT2D eigenvalue weighted by Gasteiger charge is -2.28. The molecular weight excluding hydrogens is 272 g/mol. The number of hydrogen-bond donors (Lipinski definition) is 2. The maximum atomic E-state index is 12.3. The molecule has 5 heteroatoms. The third kappa shape index (κ3) is 3.73. The molecule has 0 radical (unpaired) electrons. The molecule has 0 spiro atoms. The highest BCUT2D eigenvalue weighted by Gasteiger charge is 2.26. The van der Waals surface area contributed by atoms with Crippen molar-refractivity contribution in [3.63, 3.8) is 0 Å². The van der Waals surface area contributed by atoms with Crippen molar-refractivity contribution >= 4 is 15.7 Å². The van der Waals surface area contributed by atoms with Gasteiger partial charge in [-0.3, -0.25) is 0 Å². The molecule has 20 heavy (non-hydrogen) atoms. The van der Waals surface area contributed by atoms with E-state index in [0.29, 0.717) is 5.69 Å². The number of nitrogens with two attached hydrogens (primary N) is 1. The summed E-state index contributed by atoms with van der Waals surface area (Å²) in [7, 11) is -3.50. The molecule has 1 aliphatic carbocycles. The van der Waals surface area contributed by atoms with Crippen LogP contribution in [0, 0.1) is 5.92 Å². The Balaban J connectivity index is 1.99. The van der Waals surface area contributed by atoms with Crippen molar-refractivity contribution in [3.05, 3.63) is 24.3 Å². The summed E-state index contributed by atoms with van der Waals surface area (Å²) in [5.74, 6) is 0.766. The zero-order chi connectivity index (χ0) is 14.6. The van der Waals surface area contributed by atoms with Crippen LogP contribution in [0.2, 0.25) is 0 Å². The fraction of sp³-hybridized carbons (Fsp3) is 0.600. The van der Waals surface area contributed by atoms with Gasteiger partial charge < -0.3 is 5.73 Å². The fourth-order valence-electron chi connectivity index (χ4n) is 2.99. The molecule has 0 aliphatic heterocycles. The number of sulfonamides is 1. The molecule has 0 saturated heterocycles. The standard InChI is InChI=1S/C15H24N2O2S/c1-2-5-12-8-10-13(11-9-12)17-20(18,19)15-7-4-3-6-14(15)16/h3-4,6-7,12-13,17H,2,5,8-11,16H2,1H3. The summed E-state index contributed by atoms with van der Waals surface area (Å²) >= 11 is 0. The second kappa shape index (κ2) is 6.59. The van der Waals surface area contributed by atoms with Crippen molar-refractivity contribution in [3.8, 4) is 0 Å². The van der Waals surface area contributed by atoms with Crippen LogP contribution in [-0.4, -0.2) is 14.5 Å². The summed E-state index contributed by atoms with van der Waals surface area (Å²) in [5, 5.41) is 0. The molecule has 1 aromatic rings. The van der Waals surface area contributed by atoms with Gasteiger partial charge in [0, 0.05) is 6.04 Å². The highest BCUT2D eigenvalue weighted by atomic mass is 32.2. The van der Waals surface area contributed by atoms with Crippen molar-refractivity contribution in [1.29, 1.82) is 0 Å². The molecule has 1 fully saturated rings. The topological polar surface area (TPSA) is 72.2 Å². The number of nitrogens with one attached hydrogen (secondary N) is 1. The van der Waals surface area contributed by atoms with Gasteiger partial charge in [0.15, 0.2) is 0 Å². The van der Waals surface area contributed by atoms with E-state index in [9.17, 15) is 8.42 Å². The lowest BCUT2D eigenvalue weighted by molar-refractivity contribution is 0.297. The minimum absolute atomic E-state index is 0.0488. The van der Waals surface area contributed by atoms with Gasteiger partial charge in [-0.1, -0.05) is 31.9 Å². The molecular formula is C15H24N2O2S. The number of nitrogen functional groups attached to an aromatic ring is 1. The summed E-state index contributed by atoms with van der Waals surface area (Å²) in [6.45, 7) is 2.20. The van der Waals surface area contributed by atoms with Crippen LogP contribution in [0.3, 0.4) is 0 Å². The van der Waals surface area contributed by atoms with E-state index in [0.717, 1.165) is 31.6 Å². The molecule has 1 aliphatic rings. The smallest absolute Gasteiger partial charge is 0.242 e. The summed E-state index contributed by atoms with van der Waals surface area (Å²) < 4.78 is 27.5. The Morgan fingerprint density at radius 2 is 1.85 bits per heavy atom. The molecule has 0 heterocycles. The van der Waals surface area contributed by atoms with Gasteiger partial charge >= 0.3 is 0 Å². The number of rotatable bonds is 5. The van der Waals surface area contributed by atoms with E-state index in [4.69, 9.17) is 5.73 Å². The van der Waals surface area contributed by atoms with Crippen LogP contribution in [0.1, 0.15) is 45.4 Å². The molecule has 0 amide bonds. The van der Waals surface area contributed by atoms with E-state index in [2.05, 4.69) is 11.6 Å². The molecule has 4 nitrogen and oxygen atoms in total. The van der Waals surface area contributed by atoms with Crippen LogP contribution in [0.4, 0.5) is 5.69 Å². The van der Waals surface area contributed by atoms with E-state index >= 15 is 0 Å². The summed E-state index contributed by atoms with van der Waals surface area (Å²) in [6.07, 6.45) is 6.55. The number of anilines is 1. The van der Waals surface area contributed by atoms with Crippen molar-refractivity contribution in [1.82, 2.24) is 4.72 Å². The van der Waals surface area contributed by atoms with Gasteiger partial charge in [-0.25, -0.2) is 13.1 Å². The zero-order valence-electron chi connectivity index (χ0n) is 12.0. The number of benzene rings is 1. The number of para-hydroxylation sites is 1. The van der Waals surface area contributed by atoms with Crippen LogP contribution in [-0.2, 0) is 10.0 Å².